The summed E-state index contributed by atoms with van der Waals surface area (Å²) in [5, 5.41) is 6.27. The maximum Gasteiger partial charge on any atom is 0.316 e. The number of urea groups is 1. The first-order chi connectivity index (χ1) is 8.90. The lowest BCUT2D eigenvalue weighted by Crippen LogP contribution is -2.37. The Morgan fingerprint density at radius 2 is 2.05 bits per heavy atom. The van der Waals surface area contributed by atoms with Crippen molar-refractivity contribution in [1.29, 1.82) is 0 Å². The van der Waals surface area contributed by atoms with Crippen LogP contribution >= 0.6 is 11.6 Å². The third kappa shape index (κ3) is 5.30. The fourth-order valence-corrected chi connectivity index (χ4v) is 1.49. The van der Waals surface area contributed by atoms with Gasteiger partial charge in [0.05, 0.1) is 0 Å². The van der Waals surface area contributed by atoms with Gasteiger partial charge in [0.1, 0.15) is 16.8 Å². The minimum Gasteiger partial charge on any atom is -0.368 e. The van der Waals surface area contributed by atoms with Crippen LogP contribution in [0.2, 0.25) is 5.15 Å². The van der Waals surface area contributed by atoms with Crippen LogP contribution in [0.3, 0.4) is 0 Å². The molecule has 7 heteroatoms. The predicted octanol–water partition coefficient (Wildman–Crippen LogP) is 1.94. The summed E-state index contributed by atoms with van der Waals surface area (Å²) in [5.41, 5.74) is 0. The molecule has 0 aromatic carbocycles. The van der Waals surface area contributed by atoms with Gasteiger partial charge in [-0.2, -0.15) is 0 Å². The van der Waals surface area contributed by atoms with E-state index in [1.807, 2.05) is 13.8 Å². The predicted molar refractivity (Wildman–Crippen MR) is 76.7 cm³/mol. The molecule has 2 N–H and O–H groups in total. The van der Waals surface area contributed by atoms with E-state index in [-0.39, 0.29) is 11.9 Å². The quantitative estimate of drug-likeness (QED) is 0.641. The molecule has 0 aliphatic rings. The van der Waals surface area contributed by atoms with Gasteiger partial charge < -0.3 is 15.5 Å². The zero-order chi connectivity index (χ0) is 14.4. The zero-order valence-corrected chi connectivity index (χ0v) is 12.5. The molecule has 106 valence electrons. The van der Waals surface area contributed by atoms with Crippen molar-refractivity contribution in [3.05, 3.63) is 17.0 Å². The Morgan fingerprint density at radius 1 is 1.37 bits per heavy atom. The van der Waals surface area contributed by atoms with Gasteiger partial charge in [-0.15, -0.1) is 0 Å². The van der Waals surface area contributed by atoms with Gasteiger partial charge >= 0.3 is 6.03 Å². The smallest absolute Gasteiger partial charge is 0.316 e. The standard InChI is InChI=1S/C12H20ClN5O/c1-8(2)11-16-9(13)7-10(17-11)14-5-6-15-12(19)18(3)4/h7-8H,5-6H2,1-4H3,(H,15,19)(H,14,16,17). The van der Waals surface area contributed by atoms with Crippen LogP contribution in [0.25, 0.3) is 0 Å². The van der Waals surface area contributed by atoms with Gasteiger partial charge in [0.2, 0.25) is 0 Å². The Labute approximate surface area is 118 Å². The van der Waals surface area contributed by atoms with E-state index in [1.54, 1.807) is 20.2 Å². The van der Waals surface area contributed by atoms with Crippen molar-refractivity contribution < 1.29 is 4.79 Å². The highest BCUT2D eigenvalue weighted by molar-refractivity contribution is 6.29. The van der Waals surface area contributed by atoms with Crippen LogP contribution in [0.15, 0.2) is 6.07 Å². The Bertz CT molecular complexity index is 436. The largest absolute Gasteiger partial charge is 0.368 e. The summed E-state index contributed by atoms with van der Waals surface area (Å²) in [4.78, 5) is 21.3. The lowest BCUT2D eigenvalue weighted by atomic mass is 10.2. The number of nitrogens with zero attached hydrogens (tertiary/aromatic N) is 3. The van der Waals surface area contributed by atoms with Crippen molar-refractivity contribution in [2.24, 2.45) is 0 Å². The van der Waals surface area contributed by atoms with Crippen molar-refractivity contribution in [1.82, 2.24) is 20.2 Å². The van der Waals surface area contributed by atoms with Gasteiger partial charge in [-0.05, 0) is 0 Å². The van der Waals surface area contributed by atoms with Gasteiger partial charge in [-0.3, -0.25) is 0 Å². The van der Waals surface area contributed by atoms with Crippen LogP contribution < -0.4 is 10.6 Å². The maximum atomic E-state index is 11.3. The van der Waals surface area contributed by atoms with E-state index in [2.05, 4.69) is 20.6 Å². The normalized spacial score (nSPS) is 10.4. The Kier molecular flexibility index (Phi) is 5.82. The van der Waals surface area contributed by atoms with E-state index < -0.39 is 0 Å². The molecule has 6 nitrogen and oxygen atoms in total. The average molecular weight is 286 g/mol. The van der Waals surface area contributed by atoms with Gasteiger partial charge in [-0.25, -0.2) is 14.8 Å². The molecule has 1 rings (SSSR count). The maximum absolute atomic E-state index is 11.3. The summed E-state index contributed by atoms with van der Waals surface area (Å²) >= 11 is 5.93. The first-order valence-corrected chi connectivity index (χ1v) is 6.51. The summed E-state index contributed by atoms with van der Waals surface area (Å²) in [7, 11) is 3.39. The first-order valence-electron chi connectivity index (χ1n) is 6.13. The summed E-state index contributed by atoms with van der Waals surface area (Å²) < 4.78 is 0. The van der Waals surface area contributed by atoms with Crippen LogP contribution in [-0.4, -0.2) is 48.1 Å². The topological polar surface area (TPSA) is 70.2 Å². The molecule has 2 amide bonds. The first kappa shape index (κ1) is 15.5. The number of carbonyl (C=O) groups excluding carboxylic acids is 1. The van der Waals surface area contributed by atoms with Gasteiger partial charge in [0.25, 0.3) is 0 Å². The van der Waals surface area contributed by atoms with Crippen molar-refractivity contribution in [2.75, 3.05) is 32.5 Å². The molecular formula is C12H20ClN5O. The zero-order valence-electron chi connectivity index (χ0n) is 11.7. The van der Waals surface area contributed by atoms with Gasteiger partial charge in [0, 0.05) is 39.2 Å². The van der Waals surface area contributed by atoms with Gasteiger partial charge in [0.15, 0.2) is 0 Å². The lowest BCUT2D eigenvalue weighted by molar-refractivity contribution is 0.218. The van der Waals surface area contributed by atoms with Crippen LogP contribution in [0.4, 0.5) is 10.6 Å². The molecule has 0 fully saturated rings. The SMILES string of the molecule is CC(C)c1nc(Cl)cc(NCCNC(=O)N(C)C)n1. The molecule has 0 bridgehead atoms. The van der Waals surface area contributed by atoms with Crippen LogP contribution in [0.1, 0.15) is 25.6 Å². The summed E-state index contributed by atoms with van der Waals surface area (Å²) in [6.45, 7) is 5.10. The summed E-state index contributed by atoms with van der Waals surface area (Å²) in [5.74, 6) is 1.59. The van der Waals surface area contributed by atoms with Crippen molar-refractivity contribution in [2.45, 2.75) is 19.8 Å². The fraction of sp³-hybridized carbons (Fsp3) is 0.583. The molecular weight excluding hydrogens is 266 g/mol. The highest BCUT2D eigenvalue weighted by Crippen LogP contribution is 2.16. The van der Waals surface area contributed by atoms with Crippen molar-refractivity contribution >= 4 is 23.4 Å². The third-order valence-electron chi connectivity index (χ3n) is 2.34. The highest BCUT2D eigenvalue weighted by Gasteiger charge is 2.07. The van der Waals surface area contributed by atoms with E-state index >= 15 is 0 Å². The summed E-state index contributed by atoms with van der Waals surface area (Å²) in [6.07, 6.45) is 0. The molecule has 1 aromatic rings. The van der Waals surface area contributed by atoms with Gasteiger partial charge in [-0.1, -0.05) is 25.4 Å². The van der Waals surface area contributed by atoms with E-state index in [4.69, 9.17) is 11.6 Å². The van der Waals surface area contributed by atoms with Crippen LogP contribution in [0.5, 0.6) is 0 Å². The molecule has 0 radical (unpaired) electrons. The molecule has 0 saturated heterocycles. The second-order valence-corrected chi connectivity index (χ2v) is 5.03. The average Bonchev–Trinajstić information content (AvgIpc) is 2.33. The molecule has 0 spiro atoms. The lowest BCUT2D eigenvalue weighted by Gasteiger charge is -2.13. The van der Waals surface area contributed by atoms with Crippen molar-refractivity contribution in [3.8, 4) is 0 Å². The molecule has 0 unspecified atom stereocenters. The van der Waals surface area contributed by atoms with E-state index in [0.717, 1.165) is 0 Å². The van der Waals surface area contributed by atoms with E-state index in [1.165, 1.54) is 4.90 Å². The number of hydrogen-bond acceptors (Lipinski definition) is 4. The number of halogens is 1. The number of anilines is 1. The number of nitrogens with one attached hydrogen (secondary N) is 2. The monoisotopic (exact) mass is 285 g/mol. The van der Waals surface area contributed by atoms with Crippen LogP contribution in [0, 0.1) is 0 Å². The van der Waals surface area contributed by atoms with Crippen LogP contribution in [-0.2, 0) is 0 Å². The Hall–Kier alpha value is -1.56. The second-order valence-electron chi connectivity index (χ2n) is 4.64. The molecule has 1 heterocycles. The minimum absolute atomic E-state index is 0.120. The highest BCUT2D eigenvalue weighted by atomic mass is 35.5. The molecule has 0 atom stereocenters. The molecule has 1 aromatic heterocycles. The second kappa shape index (κ2) is 7.13. The van der Waals surface area contributed by atoms with E-state index in [0.29, 0.717) is 29.9 Å². The minimum atomic E-state index is -0.120. The summed E-state index contributed by atoms with van der Waals surface area (Å²) in [6, 6.07) is 1.55. The fourth-order valence-electron chi connectivity index (χ4n) is 1.30. The number of aromatic nitrogens is 2. The van der Waals surface area contributed by atoms with E-state index in [9.17, 15) is 4.79 Å². The number of carbonyl (C=O) groups is 1. The number of hydrogen-bond donors (Lipinski definition) is 2. The number of rotatable bonds is 5. The molecule has 0 saturated carbocycles. The molecule has 0 aliphatic heterocycles. The molecule has 0 aliphatic carbocycles. The van der Waals surface area contributed by atoms with Crippen molar-refractivity contribution in [3.63, 3.8) is 0 Å². The Balaban J connectivity index is 2.47. The number of amides is 2. The third-order valence-corrected chi connectivity index (χ3v) is 2.54. The molecule has 19 heavy (non-hydrogen) atoms. The Morgan fingerprint density at radius 3 is 2.63 bits per heavy atom.